The average Bonchev–Trinajstić information content (AvgIpc) is 2.87. The van der Waals surface area contributed by atoms with Gasteiger partial charge >= 0.3 is 0 Å². The fraction of sp³-hybridized carbons (Fsp3) is 0.300. The number of allylic oxidation sites excluding steroid dienone is 1. The zero-order valence-electron chi connectivity index (χ0n) is 20.7. The van der Waals surface area contributed by atoms with Crippen molar-refractivity contribution in [2.45, 2.75) is 40.4 Å². The number of rotatable bonds is 14. The highest BCUT2D eigenvalue weighted by Crippen LogP contribution is 2.34. The summed E-state index contributed by atoms with van der Waals surface area (Å²) in [4.78, 5) is 12.0. The number of Topliss-reactive ketones (excluding diaryl/α,β-unsaturated/α-hetero) is 1. The molecule has 5 nitrogen and oxygen atoms in total. The van der Waals surface area contributed by atoms with E-state index in [4.69, 9.17) is 18.9 Å². The standard InChI is InChI=1S/C30H34O5/c1-4-11-27-17-29(34-21-32-19-25-12-7-5-8-13-25)28(16-23(2)24(3)31)30(18-27)35-22-33-20-26-14-9-6-10-15-26/h4-15,17-18,23H,16,19-22H2,1-3H3/b11-4+/t23-/m0/s1. The summed E-state index contributed by atoms with van der Waals surface area (Å²) in [6.45, 7) is 6.54. The van der Waals surface area contributed by atoms with E-state index in [0.29, 0.717) is 31.1 Å². The Labute approximate surface area is 208 Å². The van der Waals surface area contributed by atoms with Gasteiger partial charge in [0.15, 0.2) is 13.6 Å². The molecule has 0 spiro atoms. The molecule has 3 aromatic rings. The van der Waals surface area contributed by atoms with E-state index >= 15 is 0 Å². The number of ketones is 1. The van der Waals surface area contributed by atoms with E-state index < -0.39 is 0 Å². The van der Waals surface area contributed by atoms with E-state index in [2.05, 4.69) is 0 Å². The van der Waals surface area contributed by atoms with E-state index in [9.17, 15) is 4.79 Å². The molecular formula is C30H34O5. The quantitative estimate of drug-likeness (QED) is 0.195. The van der Waals surface area contributed by atoms with Crippen LogP contribution in [0.4, 0.5) is 0 Å². The van der Waals surface area contributed by atoms with E-state index in [-0.39, 0.29) is 25.3 Å². The minimum absolute atomic E-state index is 0.0829. The van der Waals surface area contributed by atoms with Crippen LogP contribution in [0.3, 0.4) is 0 Å². The zero-order chi connectivity index (χ0) is 24.9. The predicted octanol–water partition coefficient (Wildman–Crippen LogP) is 6.59. The van der Waals surface area contributed by atoms with Crippen molar-refractivity contribution in [2.24, 2.45) is 5.92 Å². The van der Waals surface area contributed by atoms with Gasteiger partial charge in [-0.2, -0.15) is 0 Å². The molecule has 0 unspecified atom stereocenters. The van der Waals surface area contributed by atoms with Gasteiger partial charge in [0.05, 0.1) is 13.2 Å². The Morgan fingerprint density at radius 1 is 0.829 bits per heavy atom. The molecule has 0 saturated heterocycles. The molecule has 0 aromatic heterocycles. The third-order valence-electron chi connectivity index (χ3n) is 5.57. The van der Waals surface area contributed by atoms with E-state index in [1.807, 2.05) is 98.8 Å². The van der Waals surface area contributed by atoms with Crippen molar-refractivity contribution < 1.29 is 23.7 Å². The number of ether oxygens (including phenoxy) is 4. The Morgan fingerprint density at radius 3 is 1.74 bits per heavy atom. The maximum Gasteiger partial charge on any atom is 0.189 e. The van der Waals surface area contributed by atoms with E-state index in [1.165, 1.54) is 0 Å². The summed E-state index contributed by atoms with van der Waals surface area (Å²) in [5.41, 5.74) is 3.91. The van der Waals surface area contributed by atoms with Crippen LogP contribution in [0.5, 0.6) is 11.5 Å². The molecule has 3 rings (SSSR count). The Kier molecular flexibility index (Phi) is 10.6. The zero-order valence-corrected chi connectivity index (χ0v) is 20.7. The van der Waals surface area contributed by atoms with Crippen LogP contribution in [0.1, 0.15) is 43.0 Å². The molecule has 0 saturated carbocycles. The molecular weight excluding hydrogens is 440 g/mol. The van der Waals surface area contributed by atoms with Crippen LogP contribution >= 0.6 is 0 Å². The Hall–Kier alpha value is -3.41. The second-order valence-corrected chi connectivity index (χ2v) is 8.40. The molecule has 0 aliphatic heterocycles. The third-order valence-corrected chi connectivity index (χ3v) is 5.57. The third kappa shape index (κ3) is 8.71. The highest BCUT2D eigenvalue weighted by molar-refractivity contribution is 5.78. The maximum atomic E-state index is 12.0. The van der Waals surface area contributed by atoms with Crippen LogP contribution in [-0.2, 0) is 33.9 Å². The van der Waals surface area contributed by atoms with Crippen molar-refractivity contribution in [3.8, 4) is 11.5 Å². The number of hydrogen-bond donors (Lipinski definition) is 0. The summed E-state index contributed by atoms with van der Waals surface area (Å²) in [6, 6.07) is 23.8. The summed E-state index contributed by atoms with van der Waals surface area (Å²) >= 11 is 0. The molecule has 3 aromatic carbocycles. The molecule has 0 N–H and O–H groups in total. The first kappa shape index (κ1) is 26.2. The van der Waals surface area contributed by atoms with E-state index in [1.54, 1.807) is 6.92 Å². The van der Waals surface area contributed by atoms with Gasteiger partial charge in [-0.05, 0) is 49.1 Å². The summed E-state index contributed by atoms with van der Waals surface area (Å²) in [5.74, 6) is 1.21. The smallest absolute Gasteiger partial charge is 0.189 e. The van der Waals surface area contributed by atoms with Gasteiger partial charge in [-0.1, -0.05) is 79.7 Å². The largest absolute Gasteiger partial charge is 0.467 e. The Balaban J connectivity index is 1.74. The van der Waals surface area contributed by atoms with Gasteiger partial charge in [0, 0.05) is 11.5 Å². The number of hydrogen-bond acceptors (Lipinski definition) is 5. The summed E-state index contributed by atoms with van der Waals surface area (Å²) in [6.07, 6.45) is 4.43. The van der Waals surface area contributed by atoms with Crippen molar-refractivity contribution in [2.75, 3.05) is 13.6 Å². The molecule has 35 heavy (non-hydrogen) atoms. The fourth-order valence-electron chi connectivity index (χ4n) is 3.52. The Morgan fingerprint density at radius 2 is 1.31 bits per heavy atom. The topological polar surface area (TPSA) is 54.0 Å². The predicted molar refractivity (Wildman–Crippen MR) is 138 cm³/mol. The highest BCUT2D eigenvalue weighted by Gasteiger charge is 2.19. The highest BCUT2D eigenvalue weighted by atomic mass is 16.7. The second kappa shape index (κ2) is 14.1. The van der Waals surface area contributed by atoms with Gasteiger partial charge in [-0.3, -0.25) is 4.79 Å². The molecule has 0 fully saturated rings. The lowest BCUT2D eigenvalue weighted by molar-refractivity contribution is -0.120. The van der Waals surface area contributed by atoms with Gasteiger partial charge in [-0.15, -0.1) is 0 Å². The second-order valence-electron chi connectivity index (χ2n) is 8.40. The Bertz CT molecular complexity index is 1010. The normalized spacial score (nSPS) is 12.0. The van der Waals surface area contributed by atoms with Crippen LogP contribution in [-0.4, -0.2) is 19.4 Å². The van der Waals surface area contributed by atoms with Crippen molar-refractivity contribution in [3.05, 3.63) is 101 Å². The van der Waals surface area contributed by atoms with Gasteiger partial charge < -0.3 is 18.9 Å². The van der Waals surface area contributed by atoms with Crippen molar-refractivity contribution >= 4 is 11.9 Å². The van der Waals surface area contributed by atoms with Crippen LogP contribution in [0.2, 0.25) is 0 Å². The summed E-state index contributed by atoms with van der Waals surface area (Å²) in [5, 5.41) is 0. The first-order chi connectivity index (χ1) is 17.1. The average molecular weight is 475 g/mol. The van der Waals surface area contributed by atoms with E-state index in [0.717, 1.165) is 22.3 Å². The summed E-state index contributed by atoms with van der Waals surface area (Å²) < 4.78 is 23.6. The van der Waals surface area contributed by atoms with Crippen molar-refractivity contribution in [1.29, 1.82) is 0 Å². The van der Waals surface area contributed by atoms with Gasteiger partial charge in [0.25, 0.3) is 0 Å². The molecule has 0 aliphatic carbocycles. The SMILES string of the molecule is C/C=C/c1cc(OCOCc2ccccc2)c(C[C@H](C)C(C)=O)c(OCOCc2ccccc2)c1. The molecule has 0 bridgehead atoms. The molecule has 0 radical (unpaired) electrons. The first-order valence-corrected chi connectivity index (χ1v) is 11.9. The van der Waals surface area contributed by atoms with Crippen LogP contribution in [0.25, 0.3) is 6.08 Å². The fourth-order valence-corrected chi connectivity index (χ4v) is 3.52. The molecule has 184 valence electrons. The van der Waals surface area contributed by atoms with Crippen LogP contribution < -0.4 is 9.47 Å². The molecule has 5 heteroatoms. The first-order valence-electron chi connectivity index (χ1n) is 11.9. The lowest BCUT2D eigenvalue weighted by atomic mass is 9.95. The monoisotopic (exact) mass is 474 g/mol. The van der Waals surface area contributed by atoms with Gasteiger partial charge in [-0.25, -0.2) is 0 Å². The number of carbonyl (C=O) groups is 1. The minimum atomic E-state index is -0.178. The molecule has 0 amide bonds. The molecule has 0 aliphatic rings. The van der Waals surface area contributed by atoms with Crippen LogP contribution in [0, 0.1) is 5.92 Å². The number of carbonyl (C=O) groups excluding carboxylic acids is 1. The minimum Gasteiger partial charge on any atom is -0.467 e. The number of benzene rings is 3. The van der Waals surface area contributed by atoms with Gasteiger partial charge in [0.1, 0.15) is 17.3 Å². The summed E-state index contributed by atoms with van der Waals surface area (Å²) in [7, 11) is 0. The van der Waals surface area contributed by atoms with Gasteiger partial charge in [0.2, 0.25) is 0 Å². The van der Waals surface area contributed by atoms with Crippen LogP contribution in [0.15, 0.2) is 78.9 Å². The van der Waals surface area contributed by atoms with Crippen molar-refractivity contribution in [1.82, 2.24) is 0 Å². The van der Waals surface area contributed by atoms with Crippen molar-refractivity contribution in [3.63, 3.8) is 0 Å². The molecule has 0 heterocycles. The maximum absolute atomic E-state index is 12.0. The molecule has 1 atom stereocenters. The lowest BCUT2D eigenvalue weighted by Crippen LogP contribution is -2.14. The lowest BCUT2D eigenvalue weighted by Gasteiger charge is -2.19.